The van der Waals surface area contributed by atoms with Crippen LogP contribution in [0.2, 0.25) is 0 Å². The van der Waals surface area contributed by atoms with Crippen molar-refractivity contribution in [3.8, 4) is 11.7 Å². The Morgan fingerprint density at radius 3 is 2.70 bits per heavy atom. The van der Waals surface area contributed by atoms with Crippen molar-refractivity contribution in [3.63, 3.8) is 0 Å². The minimum atomic E-state index is -0.243. The number of carbonyl (C=O) groups excluding carboxylic acids is 1. The number of aromatic nitrogens is 6. The van der Waals surface area contributed by atoms with Crippen molar-refractivity contribution in [2.45, 2.75) is 13.8 Å². The van der Waals surface area contributed by atoms with Gasteiger partial charge in [0.25, 0.3) is 5.91 Å². The van der Waals surface area contributed by atoms with E-state index in [-0.39, 0.29) is 5.91 Å². The van der Waals surface area contributed by atoms with Gasteiger partial charge < -0.3 is 15.4 Å². The van der Waals surface area contributed by atoms with Gasteiger partial charge in [-0.25, -0.2) is 14.6 Å². The fraction of sp³-hybridized carbons (Fsp3) is 0.353. The van der Waals surface area contributed by atoms with Crippen LogP contribution in [0.25, 0.3) is 5.82 Å². The number of hydrogen-bond donors (Lipinski definition) is 2. The van der Waals surface area contributed by atoms with Crippen molar-refractivity contribution in [2.24, 2.45) is 7.05 Å². The SMILES string of the molecule is COc1nn(C)cc1C(=O)NCCNc1cc(-n2nc(C)cc2C)ncn1. The van der Waals surface area contributed by atoms with Gasteiger partial charge >= 0.3 is 0 Å². The Hall–Kier alpha value is -3.43. The highest BCUT2D eigenvalue weighted by Gasteiger charge is 2.15. The molecule has 0 aliphatic carbocycles. The molecular formula is C17H22N8O2. The lowest BCUT2D eigenvalue weighted by Crippen LogP contribution is -2.29. The summed E-state index contributed by atoms with van der Waals surface area (Å²) in [5.74, 6) is 1.39. The van der Waals surface area contributed by atoms with E-state index in [1.807, 2.05) is 26.0 Å². The Morgan fingerprint density at radius 1 is 1.19 bits per heavy atom. The zero-order valence-electron chi connectivity index (χ0n) is 15.7. The van der Waals surface area contributed by atoms with Crippen LogP contribution in [0.3, 0.4) is 0 Å². The molecular weight excluding hydrogens is 348 g/mol. The summed E-state index contributed by atoms with van der Waals surface area (Å²) in [6.45, 7) is 4.82. The quantitative estimate of drug-likeness (QED) is 0.593. The zero-order valence-corrected chi connectivity index (χ0v) is 15.7. The van der Waals surface area contributed by atoms with E-state index in [1.54, 1.807) is 17.9 Å². The molecule has 0 radical (unpaired) electrons. The van der Waals surface area contributed by atoms with E-state index in [0.717, 1.165) is 11.4 Å². The van der Waals surface area contributed by atoms with Gasteiger partial charge in [-0.3, -0.25) is 9.48 Å². The number of carbonyl (C=O) groups is 1. The Bertz CT molecular complexity index is 946. The minimum absolute atomic E-state index is 0.243. The van der Waals surface area contributed by atoms with Crippen LogP contribution in [0, 0.1) is 13.8 Å². The molecule has 0 bridgehead atoms. The molecule has 0 saturated heterocycles. The van der Waals surface area contributed by atoms with Crippen molar-refractivity contribution in [1.82, 2.24) is 34.8 Å². The summed E-state index contributed by atoms with van der Waals surface area (Å²) in [7, 11) is 3.21. The van der Waals surface area contributed by atoms with Crippen LogP contribution < -0.4 is 15.4 Å². The predicted molar refractivity (Wildman–Crippen MR) is 99.2 cm³/mol. The van der Waals surface area contributed by atoms with Crippen LogP contribution in [-0.4, -0.2) is 55.6 Å². The molecule has 0 saturated carbocycles. The first kappa shape index (κ1) is 18.4. The summed E-state index contributed by atoms with van der Waals surface area (Å²) in [6.07, 6.45) is 3.10. The number of nitrogens with one attached hydrogen (secondary N) is 2. The molecule has 3 aromatic rings. The van der Waals surface area contributed by atoms with Crippen molar-refractivity contribution in [2.75, 3.05) is 25.5 Å². The van der Waals surface area contributed by atoms with Gasteiger partial charge in [-0.1, -0.05) is 0 Å². The lowest BCUT2D eigenvalue weighted by molar-refractivity contribution is 0.0952. The molecule has 0 spiro atoms. The first-order valence-corrected chi connectivity index (χ1v) is 8.43. The number of anilines is 1. The average Bonchev–Trinajstić information content (AvgIpc) is 3.20. The summed E-state index contributed by atoms with van der Waals surface area (Å²) in [4.78, 5) is 20.7. The van der Waals surface area contributed by atoms with E-state index in [0.29, 0.717) is 36.2 Å². The highest BCUT2D eigenvalue weighted by Crippen LogP contribution is 2.14. The first-order chi connectivity index (χ1) is 13.0. The number of methoxy groups -OCH3 is 1. The first-order valence-electron chi connectivity index (χ1n) is 8.43. The second-order valence-corrected chi connectivity index (χ2v) is 6.01. The monoisotopic (exact) mass is 370 g/mol. The second-order valence-electron chi connectivity index (χ2n) is 6.01. The molecule has 142 valence electrons. The molecule has 1 amide bonds. The normalized spacial score (nSPS) is 10.7. The predicted octanol–water partition coefficient (Wildman–Crippen LogP) is 0.863. The second kappa shape index (κ2) is 7.85. The zero-order chi connectivity index (χ0) is 19.4. The number of ether oxygens (including phenoxy) is 1. The Kier molecular flexibility index (Phi) is 5.34. The maximum Gasteiger partial charge on any atom is 0.258 e. The van der Waals surface area contributed by atoms with Crippen molar-refractivity contribution in [3.05, 3.63) is 41.6 Å². The molecule has 10 nitrogen and oxygen atoms in total. The molecule has 27 heavy (non-hydrogen) atoms. The minimum Gasteiger partial charge on any atom is -0.479 e. The van der Waals surface area contributed by atoms with Crippen LogP contribution in [0.1, 0.15) is 21.7 Å². The molecule has 3 aromatic heterocycles. The van der Waals surface area contributed by atoms with Crippen LogP contribution in [-0.2, 0) is 7.05 Å². The third kappa shape index (κ3) is 4.22. The van der Waals surface area contributed by atoms with E-state index < -0.39 is 0 Å². The van der Waals surface area contributed by atoms with Gasteiger partial charge in [-0.15, -0.1) is 5.10 Å². The molecule has 3 rings (SSSR count). The van der Waals surface area contributed by atoms with Crippen molar-refractivity contribution >= 4 is 11.7 Å². The molecule has 3 heterocycles. The van der Waals surface area contributed by atoms with Gasteiger partial charge in [-0.2, -0.15) is 5.10 Å². The molecule has 0 fully saturated rings. The lowest BCUT2D eigenvalue weighted by Gasteiger charge is -2.09. The Labute approximate surface area is 156 Å². The highest BCUT2D eigenvalue weighted by molar-refractivity contribution is 5.96. The Morgan fingerprint density at radius 2 is 2.00 bits per heavy atom. The van der Waals surface area contributed by atoms with Crippen LogP contribution in [0.15, 0.2) is 24.7 Å². The molecule has 2 N–H and O–H groups in total. The summed E-state index contributed by atoms with van der Waals surface area (Å²) < 4.78 is 8.39. The maximum absolute atomic E-state index is 12.2. The number of hydrogen-bond acceptors (Lipinski definition) is 7. The van der Waals surface area contributed by atoms with Gasteiger partial charge in [0.1, 0.15) is 17.7 Å². The van der Waals surface area contributed by atoms with Gasteiger partial charge in [0, 0.05) is 38.1 Å². The summed E-state index contributed by atoms with van der Waals surface area (Å²) >= 11 is 0. The van der Waals surface area contributed by atoms with E-state index in [2.05, 4.69) is 30.8 Å². The van der Waals surface area contributed by atoms with Gasteiger partial charge in [0.05, 0.1) is 12.8 Å². The number of aryl methyl sites for hydroxylation is 3. The van der Waals surface area contributed by atoms with E-state index in [4.69, 9.17) is 4.74 Å². The van der Waals surface area contributed by atoms with E-state index in [9.17, 15) is 4.79 Å². The summed E-state index contributed by atoms with van der Waals surface area (Å²) in [6, 6.07) is 3.79. The molecule has 10 heteroatoms. The molecule has 0 aromatic carbocycles. The average molecular weight is 370 g/mol. The Balaban J connectivity index is 1.56. The van der Waals surface area contributed by atoms with Gasteiger partial charge in [0.2, 0.25) is 5.88 Å². The molecule has 0 unspecified atom stereocenters. The summed E-state index contributed by atoms with van der Waals surface area (Å²) in [5, 5.41) is 14.5. The van der Waals surface area contributed by atoms with E-state index >= 15 is 0 Å². The van der Waals surface area contributed by atoms with E-state index in [1.165, 1.54) is 18.1 Å². The van der Waals surface area contributed by atoms with Crippen molar-refractivity contribution < 1.29 is 9.53 Å². The fourth-order valence-corrected chi connectivity index (χ4v) is 2.66. The number of amides is 1. The topological polar surface area (TPSA) is 112 Å². The number of nitrogens with zero attached hydrogens (tertiary/aromatic N) is 6. The maximum atomic E-state index is 12.2. The largest absolute Gasteiger partial charge is 0.479 e. The molecule has 0 atom stereocenters. The number of rotatable bonds is 7. The third-order valence-corrected chi connectivity index (χ3v) is 3.83. The van der Waals surface area contributed by atoms with Crippen LogP contribution >= 0.6 is 0 Å². The standard InChI is InChI=1S/C17H22N8O2/c1-11-7-12(2)25(22-11)15-8-14(20-10-21-15)18-5-6-19-16(26)13-9-24(3)23-17(13)27-4/h7-10H,5-6H2,1-4H3,(H,19,26)(H,18,20,21). The highest BCUT2D eigenvalue weighted by atomic mass is 16.5. The summed E-state index contributed by atoms with van der Waals surface area (Å²) in [5.41, 5.74) is 2.32. The third-order valence-electron chi connectivity index (χ3n) is 3.83. The molecule has 0 aliphatic rings. The van der Waals surface area contributed by atoms with Crippen LogP contribution in [0.4, 0.5) is 5.82 Å². The van der Waals surface area contributed by atoms with Gasteiger partial charge in [0.15, 0.2) is 5.82 Å². The lowest BCUT2D eigenvalue weighted by atomic mass is 10.3. The molecule has 0 aliphatic heterocycles. The van der Waals surface area contributed by atoms with Gasteiger partial charge in [-0.05, 0) is 19.9 Å². The fourth-order valence-electron chi connectivity index (χ4n) is 2.66. The van der Waals surface area contributed by atoms with Crippen LogP contribution in [0.5, 0.6) is 5.88 Å². The smallest absolute Gasteiger partial charge is 0.258 e. The van der Waals surface area contributed by atoms with Crippen molar-refractivity contribution in [1.29, 1.82) is 0 Å².